The fraction of sp³-hybridized carbons (Fsp3) is 0.391. The number of hydrogen-bond acceptors (Lipinski definition) is 10. The van der Waals surface area contributed by atoms with Crippen LogP contribution >= 0.6 is 0 Å². The van der Waals surface area contributed by atoms with E-state index in [2.05, 4.69) is 30.7 Å². The van der Waals surface area contributed by atoms with Crippen LogP contribution in [0.5, 0.6) is 0 Å². The molecule has 0 bridgehead atoms. The van der Waals surface area contributed by atoms with Crippen LogP contribution in [-0.2, 0) is 52.1 Å². The van der Waals surface area contributed by atoms with E-state index >= 15 is 0 Å². The molecule has 0 aliphatic heterocycles. The maximum atomic E-state index is 14.1. The first-order valence-corrected chi connectivity index (χ1v) is 24.0. The topological polar surface area (TPSA) is 249 Å². The van der Waals surface area contributed by atoms with Crippen molar-refractivity contribution in [2.24, 2.45) is 11.8 Å². The number of hydrogen-bond donors (Lipinski definition) is 8. The van der Waals surface area contributed by atoms with E-state index < -0.39 is 104 Å². The number of sulfonamides is 2. The Balaban J connectivity index is 1.57. The quantitative estimate of drug-likeness (QED) is 0.0539. The number of nitrogens with one attached hydrogen (secondary N) is 6. The highest BCUT2D eigenvalue weighted by Gasteiger charge is 2.38. The lowest BCUT2D eigenvalue weighted by Gasteiger charge is -2.35. The summed E-state index contributed by atoms with van der Waals surface area (Å²) in [5.41, 5.74) is 1.35. The van der Waals surface area contributed by atoms with E-state index in [1.54, 1.807) is 125 Å². The molecule has 0 aliphatic carbocycles. The Morgan fingerprint density at radius 1 is 0.438 bits per heavy atom. The maximum absolute atomic E-state index is 14.1. The minimum absolute atomic E-state index is 0.00427. The van der Waals surface area contributed by atoms with E-state index in [1.807, 2.05) is 0 Å². The molecule has 4 aromatic carbocycles. The fourth-order valence-corrected chi connectivity index (χ4v) is 9.25. The third-order valence-electron chi connectivity index (χ3n) is 10.5. The Morgan fingerprint density at radius 3 is 1.00 bits per heavy atom. The van der Waals surface area contributed by atoms with E-state index in [1.165, 1.54) is 38.1 Å². The second-order valence-electron chi connectivity index (χ2n) is 16.4. The van der Waals surface area contributed by atoms with E-state index in [-0.39, 0.29) is 22.6 Å². The number of carbonyl (C=O) groups excluding carboxylic acids is 4. The van der Waals surface area contributed by atoms with Gasteiger partial charge in [-0.2, -0.15) is 9.44 Å². The third-order valence-corrected chi connectivity index (χ3v) is 13.6. The first-order valence-electron chi connectivity index (χ1n) is 21.0. The molecule has 0 radical (unpaired) electrons. The normalized spacial score (nSPS) is 15.7. The minimum Gasteiger partial charge on any atom is -0.388 e. The van der Waals surface area contributed by atoms with Gasteiger partial charge < -0.3 is 31.5 Å². The minimum atomic E-state index is -4.08. The molecule has 16 nitrogen and oxygen atoms in total. The van der Waals surface area contributed by atoms with Crippen molar-refractivity contribution < 1.29 is 46.2 Å². The lowest BCUT2D eigenvalue weighted by Crippen LogP contribution is -2.62. The molecule has 0 saturated heterocycles. The van der Waals surface area contributed by atoms with Crippen molar-refractivity contribution >= 4 is 43.7 Å². The summed E-state index contributed by atoms with van der Waals surface area (Å²) in [5, 5.41) is 34.9. The summed E-state index contributed by atoms with van der Waals surface area (Å²) >= 11 is 0. The monoisotopic (exact) mass is 920 g/mol. The number of amides is 4. The van der Waals surface area contributed by atoms with Gasteiger partial charge in [0.05, 0.1) is 34.0 Å². The van der Waals surface area contributed by atoms with Crippen LogP contribution in [0.1, 0.15) is 52.7 Å². The van der Waals surface area contributed by atoms with E-state index in [0.29, 0.717) is 11.1 Å². The second kappa shape index (κ2) is 23.4. The lowest BCUT2D eigenvalue weighted by molar-refractivity contribution is -0.133. The molecular weight excluding hydrogens is 861 g/mol. The maximum Gasteiger partial charge on any atom is 0.243 e. The van der Waals surface area contributed by atoms with E-state index in [9.17, 15) is 46.2 Å². The summed E-state index contributed by atoms with van der Waals surface area (Å²) < 4.78 is 56.4. The van der Waals surface area contributed by atoms with Crippen molar-refractivity contribution in [3.05, 3.63) is 132 Å². The van der Waals surface area contributed by atoms with Crippen molar-refractivity contribution in [3.8, 4) is 0 Å². The molecular formula is C46H60N6O10S2. The number of carbonyl (C=O) groups is 4. The summed E-state index contributed by atoms with van der Waals surface area (Å²) in [7, 11) is -8.16. The highest BCUT2D eigenvalue weighted by Crippen LogP contribution is 2.18. The van der Waals surface area contributed by atoms with Gasteiger partial charge in [-0.25, -0.2) is 16.8 Å². The van der Waals surface area contributed by atoms with Gasteiger partial charge in [-0.05, 0) is 73.9 Å². The molecule has 4 aromatic rings. The van der Waals surface area contributed by atoms with Gasteiger partial charge in [-0.3, -0.25) is 19.2 Å². The van der Waals surface area contributed by atoms with Gasteiger partial charge in [-0.15, -0.1) is 0 Å². The van der Waals surface area contributed by atoms with E-state index in [4.69, 9.17) is 0 Å². The zero-order chi connectivity index (χ0) is 47.2. The molecule has 64 heavy (non-hydrogen) atoms. The SMILES string of the molecule is CC(C)[C@H](NC(=O)[C@H](C)NS(=O)(=O)c1ccccc1)C(=O)NC(Cc1ccccc1)C(O)C(O)C(Cc1ccccc1)NC(=O)[C@@H](NC(=O)[C@H](C)NS(=O)(=O)c1ccccc1)C(C)C. The summed E-state index contributed by atoms with van der Waals surface area (Å²) in [4.78, 5) is 54.9. The van der Waals surface area contributed by atoms with Crippen LogP contribution in [-0.4, -0.2) is 99.1 Å². The Labute approximate surface area is 376 Å². The molecule has 8 atom stereocenters. The number of rotatable bonds is 23. The third kappa shape index (κ3) is 14.8. The van der Waals surface area contributed by atoms with Crippen molar-refractivity contribution in [3.63, 3.8) is 0 Å². The van der Waals surface area contributed by atoms with Gasteiger partial charge in [0.25, 0.3) is 0 Å². The van der Waals surface area contributed by atoms with Crippen LogP contribution in [0, 0.1) is 11.8 Å². The smallest absolute Gasteiger partial charge is 0.243 e. The van der Waals surface area contributed by atoms with Gasteiger partial charge in [0.2, 0.25) is 43.7 Å². The molecule has 0 heterocycles. The summed E-state index contributed by atoms with van der Waals surface area (Å²) in [6.07, 6.45) is -3.47. The van der Waals surface area contributed by atoms with Gasteiger partial charge in [-0.1, -0.05) is 125 Å². The average molecular weight is 921 g/mol. The van der Waals surface area contributed by atoms with Crippen molar-refractivity contribution in [2.75, 3.05) is 0 Å². The predicted octanol–water partition coefficient (Wildman–Crippen LogP) is 2.18. The molecule has 0 aliphatic rings. The molecule has 0 aromatic heterocycles. The van der Waals surface area contributed by atoms with Crippen LogP contribution < -0.4 is 30.7 Å². The fourth-order valence-electron chi connectivity index (χ4n) is 6.81. The Morgan fingerprint density at radius 2 is 0.719 bits per heavy atom. The molecule has 346 valence electrons. The van der Waals surface area contributed by atoms with Crippen LogP contribution in [0.25, 0.3) is 0 Å². The lowest BCUT2D eigenvalue weighted by atomic mass is 9.90. The molecule has 0 spiro atoms. The molecule has 0 saturated carbocycles. The number of aliphatic hydroxyl groups is 2. The highest BCUT2D eigenvalue weighted by molar-refractivity contribution is 7.89. The van der Waals surface area contributed by atoms with Crippen LogP contribution in [0.4, 0.5) is 0 Å². The molecule has 4 amide bonds. The van der Waals surface area contributed by atoms with Crippen LogP contribution in [0.15, 0.2) is 131 Å². The van der Waals surface area contributed by atoms with Crippen LogP contribution in [0.2, 0.25) is 0 Å². The van der Waals surface area contributed by atoms with Gasteiger partial charge in [0.15, 0.2) is 0 Å². The largest absolute Gasteiger partial charge is 0.388 e. The summed E-state index contributed by atoms with van der Waals surface area (Å²) in [6.45, 7) is 9.39. The number of aliphatic hydroxyl groups excluding tert-OH is 2. The highest BCUT2D eigenvalue weighted by atomic mass is 32.2. The van der Waals surface area contributed by atoms with Gasteiger partial charge in [0.1, 0.15) is 24.3 Å². The van der Waals surface area contributed by atoms with E-state index in [0.717, 1.165) is 0 Å². The molecule has 8 N–H and O–H groups in total. The van der Waals surface area contributed by atoms with Crippen LogP contribution in [0.3, 0.4) is 0 Å². The first kappa shape index (κ1) is 51.1. The van der Waals surface area contributed by atoms with Gasteiger partial charge >= 0.3 is 0 Å². The van der Waals surface area contributed by atoms with Gasteiger partial charge in [0, 0.05) is 0 Å². The summed E-state index contributed by atoms with van der Waals surface area (Å²) in [6, 6.07) is 25.3. The van der Waals surface area contributed by atoms with Crippen molar-refractivity contribution in [1.82, 2.24) is 30.7 Å². The Hall–Kier alpha value is -5.50. The van der Waals surface area contributed by atoms with Crippen molar-refractivity contribution in [2.45, 2.75) is 113 Å². The predicted molar refractivity (Wildman–Crippen MR) is 242 cm³/mol. The zero-order valence-corrected chi connectivity index (χ0v) is 38.3. The number of benzene rings is 4. The Bertz CT molecular complexity index is 2190. The second-order valence-corrected chi connectivity index (χ2v) is 19.8. The molecule has 0 fully saturated rings. The average Bonchev–Trinajstić information content (AvgIpc) is 3.26. The first-order chi connectivity index (χ1) is 30.2. The molecule has 4 unspecified atom stereocenters. The molecule has 18 heteroatoms. The summed E-state index contributed by atoms with van der Waals surface area (Å²) in [5.74, 6) is -4.06. The standard InChI is InChI=1S/C46H60N6O10S2/c1-29(2)39(49-43(55)31(5)51-63(59,60)35-23-15-9-16-24-35)45(57)47-37(27-33-19-11-7-12-20-33)41(53)42(54)38(28-34-21-13-8-14-22-34)48-46(58)40(30(3)4)50-44(56)32(6)52-64(61,62)36-25-17-10-18-26-36/h7-26,29-32,37-42,51-54H,27-28H2,1-6H3,(H,47,57)(H,48,58)(H,49,55)(H,50,56)/t31-,32-,37?,38?,39-,40-,41?,42?/m0/s1. The Kier molecular flexibility index (Phi) is 18.7. The molecule has 4 rings (SSSR count). The van der Waals surface area contributed by atoms with Crippen molar-refractivity contribution in [1.29, 1.82) is 0 Å². The zero-order valence-electron chi connectivity index (χ0n) is 36.7.